The fourth-order valence-corrected chi connectivity index (χ4v) is 2.47. The molecular weight excluding hydrogens is 214 g/mol. The second-order valence-electron chi connectivity index (χ2n) is 5.73. The molecule has 1 fully saturated rings. The predicted octanol–water partition coefficient (Wildman–Crippen LogP) is 2.34. The number of amides is 1. The Kier molecular flexibility index (Phi) is 6.56. The van der Waals surface area contributed by atoms with E-state index in [0.717, 1.165) is 38.6 Å². The molecule has 1 rings (SSSR count). The van der Waals surface area contributed by atoms with E-state index in [4.69, 9.17) is 5.11 Å². The largest absolute Gasteiger partial charge is 0.396 e. The first-order valence-corrected chi connectivity index (χ1v) is 7.02. The van der Waals surface area contributed by atoms with Gasteiger partial charge in [0.05, 0.1) is 0 Å². The van der Waals surface area contributed by atoms with Gasteiger partial charge < -0.3 is 10.4 Å². The Morgan fingerprint density at radius 1 is 1.29 bits per heavy atom. The van der Waals surface area contributed by atoms with Crippen LogP contribution in [0.2, 0.25) is 0 Å². The van der Waals surface area contributed by atoms with Gasteiger partial charge in [0, 0.05) is 19.1 Å². The van der Waals surface area contributed by atoms with Gasteiger partial charge >= 0.3 is 0 Å². The first-order chi connectivity index (χ1) is 8.13. The standard InChI is InChI=1S/C14H27NO2/c1-11(2)4-3-9-15-14(17)13-7-5-12(10-16)6-8-13/h11-13,16H,3-10H2,1-2H3,(H,15,17). The van der Waals surface area contributed by atoms with Crippen molar-refractivity contribution < 1.29 is 9.90 Å². The van der Waals surface area contributed by atoms with Gasteiger partial charge in [-0.25, -0.2) is 0 Å². The van der Waals surface area contributed by atoms with Crippen molar-refractivity contribution in [2.75, 3.05) is 13.2 Å². The van der Waals surface area contributed by atoms with Crippen molar-refractivity contribution in [3.63, 3.8) is 0 Å². The Hall–Kier alpha value is -0.570. The molecule has 0 unspecified atom stereocenters. The lowest BCUT2D eigenvalue weighted by Crippen LogP contribution is -2.34. The number of hydrogen-bond acceptors (Lipinski definition) is 2. The third kappa shape index (κ3) is 5.53. The maximum absolute atomic E-state index is 11.9. The van der Waals surface area contributed by atoms with Gasteiger partial charge in [0.1, 0.15) is 0 Å². The van der Waals surface area contributed by atoms with E-state index in [-0.39, 0.29) is 18.4 Å². The molecule has 0 saturated heterocycles. The molecular formula is C14H27NO2. The van der Waals surface area contributed by atoms with Gasteiger partial charge in [0.2, 0.25) is 5.91 Å². The number of nitrogens with one attached hydrogen (secondary N) is 1. The van der Waals surface area contributed by atoms with Crippen molar-refractivity contribution in [1.82, 2.24) is 5.32 Å². The summed E-state index contributed by atoms with van der Waals surface area (Å²) in [5, 5.41) is 12.1. The van der Waals surface area contributed by atoms with E-state index in [1.165, 1.54) is 6.42 Å². The number of aliphatic hydroxyl groups is 1. The molecule has 0 bridgehead atoms. The zero-order valence-corrected chi connectivity index (χ0v) is 11.2. The fourth-order valence-electron chi connectivity index (χ4n) is 2.47. The molecule has 0 spiro atoms. The number of rotatable bonds is 6. The molecule has 1 amide bonds. The smallest absolute Gasteiger partial charge is 0.223 e. The SMILES string of the molecule is CC(C)CCCNC(=O)C1CCC(CO)CC1. The number of carbonyl (C=O) groups excluding carboxylic acids is 1. The minimum absolute atomic E-state index is 0.192. The topological polar surface area (TPSA) is 49.3 Å². The second kappa shape index (κ2) is 7.70. The van der Waals surface area contributed by atoms with E-state index in [1.807, 2.05) is 0 Å². The highest BCUT2D eigenvalue weighted by atomic mass is 16.3. The molecule has 3 nitrogen and oxygen atoms in total. The Labute approximate surface area is 105 Å². The third-order valence-electron chi connectivity index (χ3n) is 3.73. The lowest BCUT2D eigenvalue weighted by Gasteiger charge is -2.26. The number of hydrogen-bond donors (Lipinski definition) is 2. The lowest BCUT2D eigenvalue weighted by atomic mass is 9.82. The summed E-state index contributed by atoms with van der Waals surface area (Å²) < 4.78 is 0. The average molecular weight is 241 g/mol. The van der Waals surface area contributed by atoms with Crippen LogP contribution in [0.15, 0.2) is 0 Å². The van der Waals surface area contributed by atoms with Crippen LogP contribution < -0.4 is 5.32 Å². The van der Waals surface area contributed by atoms with Crippen molar-refractivity contribution in [2.24, 2.45) is 17.8 Å². The normalized spacial score (nSPS) is 24.9. The van der Waals surface area contributed by atoms with Crippen molar-refractivity contribution >= 4 is 5.91 Å². The molecule has 0 heterocycles. The highest BCUT2D eigenvalue weighted by Gasteiger charge is 2.25. The third-order valence-corrected chi connectivity index (χ3v) is 3.73. The zero-order valence-electron chi connectivity index (χ0n) is 11.2. The zero-order chi connectivity index (χ0) is 12.7. The van der Waals surface area contributed by atoms with Crippen LogP contribution in [0, 0.1) is 17.8 Å². The van der Waals surface area contributed by atoms with Gasteiger partial charge in [-0.05, 0) is 50.4 Å². The van der Waals surface area contributed by atoms with Crippen molar-refractivity contribution in [3.8, 4) is 0 Å². The van der Waals surface area contributed by atoms with Crippen LogP contribution >= 0.6 is 0 Å². The maximum Gasteiger partial charge on any atom is 0.223 e. The fraction of sp³-hybridized carbons (Fsp3) is 0.929. The molecule has 1 saturated carbocycles. The molecule has 100 valence electrons. The molecule has 1 aliphatic rings. The summed E-state index contributed by atoms with van der Waals surface area (Å²) in [6.45, 7) is 5.51. The molecule has 0 aromatic carbocycles. The van der Waals surface area contributed by atoms with Crippen LogP contribution in [0.3, 0.4) is 0 Å². The van der Waals surface area contributed by atoms with Crippen molar-refractivity contribution in [1.29, 1.82) is 0 Å². The van der Waals surface area contributed by atoms with Crippen molar-refractivity contribution in [2.45, 2.75) is 52.4 Å². The van der Waals surface area contributed by atoms with E-state index < -0.39 is 0 Å². The number of carbonyl (C=O) groups is 1. The summed E-state index contributed by atoms with van der Waals surface area (Å²) in [5.74, 6) is 1.56. The van der Waals surface area contributed by atoms with Crippen LogP contribution in [0.5, 0.6) is 0 Å². The first kappa shape index (κ1) is 14.5. The van der Waals surface area contributed by atoms with E-state index in [9.17, 15) is 4.79 Å². The Bertz CT molecular complexity index is 220. The van der Waals surface area contributed by atoms with Crippen LogP contribution in [0.25, 0.3) is 0 Å². The van der Waals surface area contributed by atoms with Gasteiger partial charge in [-0.3, -0.25) is 4.79 Å². The Morgan fingerprint density at radius 3 is 2.47 bits per heavy atom. The van der Waals surface area contributed by atoms with E-state index in [0.29, 0.717) is 11.8 Å². The van der Waals surface area contributed by atoms with Crippen molar-refractivity contribution in [3.05, 3.63) is 0 Å². The summed E-state index contributed by atoms with van der Waals surface area (Å²) in [6.07, 6.45) is 6.15. The number of aliphatic hydroxyl groups excluding tert-OH is 1. The summed E-state index contributed by atoms with van der Waals surface area (Å²) in [5.41, 5.74) is 0. The predicted molar refractivity (Wildman–Crippen MR) is 69.6 cm³/mol. The molecule has 2 N–H and O–H groups in total. The van der Waals surface area contributed by atoms with Gasteiger partial charge in [-0.2, -0.15) is 0 Å². The van der Waals surface area contributed by atoms with Gasteiger partial charge in [-0.15, -0.1) is 0 Å². The highest BCUT2D eigenvalue weighted by molar-refractivity contribution is 5.78. The minimum Gasteiger partial charge on any atom is -0.396 e. The van der Waals surface area contributed by atoms with Crippen LogP contribution in [0.1, 0.15) is 52.4 Å². The highest BCUT2D eigenvalue weighted by Crippen LogP contribution is 2.28. The average Bonchev–Trinajstić information content (AvgIpc) is 2.34. The van der Waals surface area contributed by atoms with Gasteiger partial charge in [-0.1, -0.05) is 13.8 Å². The summed E-state index contributed by atoms with van der Waals surface area (Å²) in [4.78, 5) is 11.9. The maximum atomic E-state index is 11.9. The van der Waals surface area contributed by atoms with E-state index in [2.05, 4.69) is 19.2 Å². The van der Waals surface area contributed by atoms with E-state index >= 15 is 0 Å². The molecule has 0 radical (unpaired) electrons. The molecule has 17 heavy (non-hydrogen) atoms. The quantitative estimate of drug-likeness (QED) is 0.701. The van der Waals surface area contributed by atoms with Crippen LogP contribution in [-0.4, -0.2) is 24.2 Å². The summed E-state index contributed by atoms with van der Waals surface area (Å²) >= 11 is 0. The Balaban J connectivity index is 2.12. The van der Waals surface area contributed by atoms with Crippen LogP contribution in [0.4, 0.5) is 0 Å². The molecule has 3 heteroatoms. The molecule has 0 atom stereocenters. The van der Waals surface area contributed by atoms with Gasteiger partial charge in [0.15, 0.2) is 0 Å². The second-order valence-corrected chi connectivity index (χ2v) is 5.73. The van der Waals surface area contributed by atoms with Crippen LogP contribution in [-0.2, 0) is 4.79 Å². The monoisotopic (exact) mass is 241 g/mol. The lowest BCUT2D eigenvalue weighted by molar-refractivity contribution is -0.126. The molecule has 1 aliphatic carbocycles. The molecule has 0 aromatic rings. The summed E-state index contributed by atoms with van der Waals surface area (Å²) in [7, 11) is 0. The molecule has 0 aliphatic heterocycles. The molecule has 0 aromatic heterocycles. The van der Waals surface area contributed by atoms with E-state index in [1.54, 1.807) is 0 Å². The minimum atomic E-state index is 0.192. The summed E-state index contributed by atoms with van der Waals surface area (Å²) in [6, 6.07) is 0. The Morgan fingerprint density at radius 2 is 1.94 bits per heavy atom. The van der Waals surface area contributed by atoms with Gasteiger partial charge in [0.25, 0.3) is 0 Å². The first-order valence-electron chi connectivity index (χ1n) is 7.02.